The number of anilines is 1. The number of hydrogen-bond donors (Lipinski definition) is 1. The summed E-state index contributed by atoms with van der Waals surface area (Å²) in [5, 5.41) is 3.47. The van der Waals surface area contributed by atoms with Crippen LogP contribution >= 0.6 is 11.8 Å². The van der Waals surface area contributed by atoms with Gasteiger partial charge in [0.15, 0.2) is 0 Å². The SMILES string of the molecule is c1ccc(Oc2ccnc(N[C@H]3CCO[C@@]4(CCSC4)C3)n2)cc1. The Bertz CT molecular complexity index is 677. The third-order valence-corrected chi connectivity index (χ3v) is 5.71. The first-order valence-corrected chi connectivity index (χ1v) is 9.51. The molecule has 24 heavy (non-hydrogen) atoms. The molecule has 2 fully saturated rings. The van der Waals surface area contributed by atoms with Crippen LogP contribution in [0.25, 0.3) is 0 Å². The third-order valence-electron chi connectivity index (χ3n) is 4.49. The van der Waals surface area contributed by atoms with Crippen LogP contribution < -0.4 is 10.1 Å². The molecule has 1 spiro atoms. The Morgan fingerprint density at radius 2 is 2.17 bits per heavy atom. The Morgan fingerprint density at radius 3 is 3.00 bits per heavy atom. The maximum Gasteiger partial charge on any atom is 0.226 e. The number of hydrogen-bond acceptors (Lipinski definition) is 6. The number of thioether (sulfide) groups is 1. The van der Waals surface area contributed by atoms with Crippen LogP contribution in [0.15, 0.2) is 42.6 Å². The van der Waals surface area contributed by atoms with E-state index in [9.17, 15) is 0 Å². The van der Waals surface area contributed by atoms with Gasteiger partial charge in [-0.1, -0.05) is 18.2 Å². The van der Waals surface area contributed by atoms with Crippen LogP contribution in [0.1, 0.15) is 19.3 Å². The third kappa shape index (κ3) is 3.65. The van der Waals surface area contributed by atoms with E-state index in [4.69, 9.17) is 9.47 Å². The first-order valence-electron chi connectivity index (χ1n) is 8.36. The topological polar surface area (TPSA) is 56.3 Å². The lowest BCUT2D eigenvalue weighted by Gasteiger charge is -2.38. The number of nitrogens with one attached hydrogen (secondary N) is 1. The van der Waals surface area contributed by atoms with Crippen molar-refractivity contribution in [3.63, 3.8) is 0 Å². The van der Waals surface area contributed by atoms with Crippen molar-refractivity contribution in [3.05, 3.63) is 42.6 Å². The summed E-state index contributed by atoms with van der Waals surface area (Å²) in [5.41, 5.74) is 0.0543. The zero-order chi connectivity index (χ0) is 16.2. The summed E-state index contributed by atoms with van der Waals surface area (Å²) in [5.74, 6) is 4.25. The predicted octanol–water partition coefficient (Wildman–Crippen LogP) is 3.74. The number of benzene rings is 1. The van der Waals surface area contributed by atoms with Gasteiger partial charge in [-0.25, -0.2) is 4.98 Å². The van der Waals surface area contributed by atoms with Crippen LogP contribution in [0, 0.1) is 0 Å². The van der Waals surface area contributed by atoms with Gasteiger partial charge in [0.1, 0.15) is 5.75 Å². The van der Waals surface area contributed by atoms with Crippen molar-refractivity contribution in [2.24, 2.45) is 0 Å². The highest BCUT2D eigenvalue weighted by atomic mass is 32.2. The Kier molecular flexibility index (Phi) is 4.58. The largest absolute Gasteiger partial charge is 0.439 e. The molecular weight excluding hydrogens is 322 g/mol. The van der Waals surface area contributed by atoms with E-state index in [1.54, 1.807) is 12.3 Å². The van der Waals surface area contributed by atoms with E-state index >= 15 is 0 Å². The Hall–Kier alpha value is -1.79. The molecule has 2 aromatic rings. The van der Waals surface area contributed by atoms with Crippen LogP contribution in [0.2, 0.25) is 0 Å². The average molecular weight is 343 g/mol. The molecule has 3 heterocycles. The molecule has 1 aromatic carbocycles. The number of aromatic nitrogens is 2. The van der Waals surface area contributed by atoms with Crippen molar-refractivity contribution in [2.45, 2.75) is 30.9 Å². The predicted molar refractivity (Wildman–Crippen MR) is 95.8 cm³/mol. The van der Waals surface area contributed by atoms with E-state index in [0.717, 1.165) is 37.4 Å². The van der Waals surface area contributed by atoms with Gasteiger partial charge in [-0.05, 0) is 37.1 Å². The summed E-state index contributed by atoms with van der Waals surface area (Å²) in [6.07, 6.45) is 4.88. The Labute approximate surface area is 146 Å². The van der Waals surface area contributed by atoms with Gasteiger partial charge in [-0.3, -0.25) is 0 Å². The molecule has 1 aromatic heterocycles. The van der Waals surface area contributed by atoms with Crippen molar-refractivity contribution in [2.75, 3.05) is 23.4 Å². The number of para-hydroxylation sites is 1. The molecule has 126 valence electrons. The first-order chi connectivity index (χ1) is 11.8. The molecular formula is C18H21N3O2S. The van der Waals surface area contributed by atoms with E-state index < -0.39 is 0 Å². The molecule has 5 nitrogen and oxygen atoms in total. The summed E-state index contributed by atoms with van der Waals surface area (Å²) in [6, 6.07) is 11.8. The van der Waals surface area contributed by atoms with Crippen LogP contribution in [-0.4, -0.2) is 39.7 Å². The number of ether oxygens (including phenoxy) is 2. The molecule has 0 aliphatic carbocycles. The van der Waals surface area contributed by atoms with Crippen molar-refractivity contribution >= 4 is 17.7 Å². The molecule has 2 aliphatic heterocycles. The molecule has 2 aliphatic rings. The lowest BCUT2D eigenvalue weighted by molar-refractivity contribution is -0.0629. The fourth-order valence-electron chi connectivity index (χ4n) is 3.27. The molecule has 2 saturated heterocycles. The number of rotatable bonds is 4. The fraction of sp³-hybridized carbons (Fsp3) is 0.444. The van der Waals surface area contributed by atoms with Crippen LogP contribution in [0.3, 0.4) is 0 Å². The standard InChI is InChI=1S/C18H21N3O2S/c1-2-4-15(5-3-1)23-16-6-9-19-17(21-16)20-14-7-10-22-18(12-14)8-11-24-13-18/h1-6,9,14H,7-8,10-13H2,(H,19,20,21)/t14-,18-/m0/s1. The zero-order valence-electron chi connectivity index (χ0n) is 13.5. The van der Waals surface area contributed by atoms with Crippen molar-refractivity contribution < 1.29 is 9.47 Å². The van der Waals surface area contributed by atoms with Gasteiger partial charge in [-0.15, -0.1) is 0 Å². The summed E-state index contributed by atoms with van der Waals surface area (Å²) in [6.45, 7) is 0.804. The monoisotopic (exact) mass is 343 g/mol. The van der Waals surface area contributed by atoms with Crippen molar-refractivity contribution in [1.29, 1.82) is 0 Å². The smallest absolute Gasteiger partial charge is 0.226 e. The van der Waals surface area contributed by atoms with Crippen LogP contribution in [-0.2, 0) is 4.74 Å². The average Bonchev–Trinajstić information content (AvgIpc) is 3.04. The van der Waals surface area contributed by atoms with Crippen molar-refractivity contribution in [3.8, 4) is 11.6 Å². The molecule has 4 rings (SSSR count). The van der Waals surface area contributed by atoms with Gasteiger partial charge in [0.25, 0.3) is 0 Å². The van der Waals surface area contributed by atoms with Crippen LogP contribution in [0.4, 0.5) is 5.95 Å². The Balaban J connectivity index is 1.42. The lowest BCUT2D eigenvalue weighted by Crippen LogP contribution is -2.44. The minimum atomic E-state index is 0.0543. The maximum absolute atomic E-state index is 6.07. The van der Waals surface area contributed by atoms with E-state index in [0.29, 0.717) is 17.9 Å². The maximum atomic E-state index is 6.07. The normalized spacial score (nSPS) is 26.4. The second kappa shape index (κ2) is 6.99. The van der Waals surface area contributed by atoms with E-state index in [1.807, 2.05) is 42.1 Å². The van der Waals surface area contributed by atoms with Gasteiger partial charge < -0.3 is 14.8 Å². The van der Waals surface area contributed by atoms with Gasteiger partial charge in [0, 0.05) is 30.7 Å². The molecule has 2 atom stereocenters. The minimum Gasteiger partial charge on any atom is -0.439 e. The highest BCUT2D eigenvalue weighted by molar-refractivity contribution is 7.99. The van der Waals surface area contributed by atoms with Gasteiger partial charge in [0.05, 0.1) is 5.60 Å². The highest BCUT2D eigenvalue weighted by Crippen LogP contribution is 2.38. The quantitative estimate of drug-likeness (QED) is 0.913. The molecule has 0 saturated carbocycles. The molecule has 0 bridgehead atoms. The molecule has 0 unspecified atom stereocenters. The van der Waals surface area contributed by atoms with E-state index in [-0.39, 0.29) is 5.60 Å². The molecule has 0 radical (unpaired) electrons. The summed E-state index contributed by atoms with van der Waals surface area (Å²) in [7, 11) is 0. The van der Waals surface area contributed by atoms with E-state index in [1.165, 1.54) is 5.75 Å². The minimum absolute atomic E-state index is 0.0543. The zero-order valence-corrected chi connectivity index (χ0v) is 14.3. The molecule has 6 heteroatoms. The van der Waals surface area contributed by atoms with Crippen LogP contribution in [0.5, 0.6) is 11.6 Å². The first kappa shape index (κ1) is 15.7. The lowest BCUT2D eigenvalue weighted by atomic mass is 9.90. The van der Waals surface area contributed by atoms with Crippen molar-refractivity contribution in [1.82, 2.24) is 9.97 Å². The van der Waals surface area contributed by atoms with Gasteiger partial charge in [-0.2, -0.15) is 16.7 Å². The fourth-order valence-corrected chi connectivity index (χ4v) is 4.65. The summed E-state index contributed by atoms with van der Waals surface area (Å²) in [4.78, 5) is 8.83. The Morgan fingerprint density at radius 1 is 1.25 bits per heavy atom. The molecule has 1 N–H and O–H groups in total. The van der Waals surface area contributed by atoms with Gasteiger partial charge >= 0.3 is 0 Å². The van der Waals surface area contributed by atoms with Gasteiger partial charge in [0.2, 0.25) is 11.8 Å². The highest BCUT2D eigenvalue weighted by Gasteiger charge is 2.40. The van der Waals surface area contributed by atoms with E-state index in [2.05, 4.69) is 15.3 Å². The second-order valence-corrected chi connectivity index (χ2v) is 7.41. The second-order valence-electron chi connectivity index (χ2n) is 6.30. The summed E-state index contributed by atoms with van der Waals surface area (Å²) >= 11 is 1.99. The molecule has 0 amide bonds. The number of nitrogens with zero attached hydrogens (tertiary/aromatic N) is 2. The summed E-state index contributed by atoms with van der Waals surface area (Å²) < 4.78 is 11.9.